The second-order valence-corrected chi connectivity index (χ2v) is 5.75. The summed E-state index contributed by atoms with van der Waals surface area (Å²) < 4.78 is 0.858. The predicted octanol–water partition coefficient (Wildman–Crippen LogP) is 3.20. The number of hydrogen-bond acceptors (Lipinski definition) is 3. The van der Waals surface area contributed by atoms with Crippen LogP contribution in [0.4, 0.5) is 5.00 Å². The van der Waals surface area contributed by atoms with Gasteiger partial charge in [-0.25, -0.2) is 0 Å². The van der Waals surface area contributed by atoms with E-state index in [4.69, 9.17) is 11.6 Å². The molecule has 2 rings (SSSR count). The van der Waals surface area contributed by atoms with Crippen LogP contribution in [0.25, 0.3) is 0 Å². The lowest BCUT2D eigenvalue weighted by Gasteiger charge is -2.22. The fourth-order valence-corrected chi connectivity index (χ4v) is 2.95. The molecule has 0 spiro atoms. The normalized spacial score (nSPS) is 21.5. The van der Waals surface area contributed by atoms with Gasteiger partial charge in [0.15, 0.2) is 0 Å². The largest absolute Gasteiger partial charge is 0.377 e. The molecule has 2 nitrogen and oxygen atoms in total. The predicted molar refractivity (Wildman–Crippen MR) is 68.0 cm³/mol. The number of halogens is 1. The van der Waals surface area contributed by atoms with Gasteiger partial charge in [-0.3, -0.25) is 0 Å². The summed E-state index contributed by atoms with van der Waals surface area (Å²) in [6.45, 7) is 3.44. The molecule has 0 bridgehead atoms. The number of hydrogen-bond donors (Lipinski definition) is 2. The second-order valence-electron chi connectivity index (χ2n) is 4.03. The molecule has 1 aromatic rings. The third-order valence-corrected chi connectivity index (χ3v) is 4.01. The van der Waals surface area contributed by atoms with Crippen molar-refractivity contribution in [2.45, 2.75) is 19.3 Å². The molecule has 0 radical (unpaired) electrons. The average Bonchev–Trinajstić information content (AvgIpc) is 2.66. The highest BCUT2D eigenvalue weighted by atomic mass is 35.5. The van der Waals surface area contributed by atoms with Crippen molar-refractivity contribution in [1.82, 2.24) is 5.32 Å². The first-order valence-electron chi connectivity index (χ1n) is 5.54. The quantitative estimate of drug-likeness (QED) is 0.850. The maximum Gasteiger partial charge on any atom is 0.0950 e. The average molecular weight is 245 g/mol. The van der Waals surface area contributed by atoms with Crippen molar-refractivity contribution >= 4 is 27.9 Å². The highest BCUT2D eigenvalue weighted by Gasteiger charge is 2.11. The van der Waals surface area contributed by atoms with Gasteiger partial charge in [-0.15, -0.1) is 11.3 Å². The van der Waals surface area contributed by atoms with Crippen LogP contribution in [-0.2, 0) is 0 Å². The van der Waals surface area contributed by atoms with Crippen LogP contribution in [0.3, 0.4) is 0 Å². The van der Waals surface area contributed by atoms with Crippen LogP contribution in [0.2, 0.25) is 4.34 Å². The van der Waals surface area contributed by atoms with E-state index >= 15 is 0 Å². The summed E-state index contributed by atoms with van der Waals surface area (Å²) >= 11 is 7.47. The van der Waals surface area contributed by atoms with Crippen molar-refractivity contribution in [2.75, 3.05) is 25.0 Å². The smallest absolute Gasteiger partial charge is 0.0950 e. The molecule has 1 aromatic heterocycles. The Hall–Kier alpha value is -0.250. The number of thiophene rings is 1. The highest BCUT2D eigenvalue weighted by molar-refractivity contribution is 7.19. The lowest BCUT2D eigenvalue weighted by molar-refractivity contribution is 0.364. The van der Waals surface area contributed by atoms with Crippen molar-refractivity contribution in [2.24, 2.45) is 5.92 Å². The maximum atomic E-state index is 5.86. The minimum absolute atomic E-state index is 0.849. The van der Waals surface area contributed by atoms with Gasteiger partial charge in [0.1, 0.15) is 0 Å². The Morgan fingerprint density at radius 3 is 3.13 bits per heavy atom. The van der Waals surface area contributed by atoms with E-state index in [0.717, 1.165) is 16.8 Å². The van der Waals surface area contributed by atoms with Gasteiger partial charge in [0, 0.05) is 6.54 Å². The molecule has 4 heteroatoms. The van der Waals surface area contributed by atoms with Crippen LogP contribution in [0, 0.1) is 5.92 Å². The minimum atomic E-state index is 0.849. The first kappa shape index (κ1) is 11.2. The van der Waals surface area contributed by atoms with E-state index in [1.54, 1.807) is 11.3 Å². The topological polar surface area (TPSA) is 24.1 Å². The van der Waals surface area contributed by atoms with E-state index in [9.17, 15) is 0 Å². The van der Waals surface area contributed by atoms with Crippen LogP contribution in [-0.4, -0.2) is 19.6 Å². The second kappa shape index (κ2) is 5.73. The number of nitrogens with one attached hydrogen (secondary N) is 2. The van der Waals surface area contributed by atoms with Crippen molar-refractivity contribution in [1.29, 1.82) is 0 Å². The molecule has 0 amide bonds. The number of anilines is 1. The summed E-state index contributed by atoms with van der Waals surface area (Å²) in [7, 11) is 0. The third-order valence-electron chi connectivity index (χ3n) is 2.82. The third kappa shape index (κ3) is 3.67. The molecule has 0 aromatic carbocycles. The molecule has 15 heavy (non-hydrogen) atoms. The van der Waals surface area contributed by atoms with Crippen LogP contribution >= 0.6 is 22.9 Å². The lowest BCUT2D eigenvalue weighted by atomic mass is 9.96. The van der Waals surface area contributed by atoms with Crippen molar-refractivity contribution in [3.63, 3.8) is 0 Å². The van der Waals surface area contributed by atoms with Gasteiger partial charge in [-0.05, 0) is 50.4 Å². The SMILES string of the molecule is Clc1ccc(NCCC2CCCNC2)s1. The van der Waals surface area contributed by atoms with Gasteiger partial charge in [0.25, 0.3) is 0 Å². The van der Waals surface area contributed by atoms with E-state index in [0.29, 0.717) is 0 Å². The fraction of sp³-hybridized carbons (Fsp3) is 0.636. The van der Waals surface area contributed by atoms with Gasteiger partial charge in [-0.2, -0.15) is 0 Å². The van der Waals surface area contributed by atoms with Gasteiger partial charge in [0.2, 0.25) is 0 Å². The summed E-state index contributed by atoms with van der Waals surface area (Å²) in [6.07, 6.45) is 3.96. The van der Waals surface area contributed by atoms with Crippen LogP contribution in [0.1, 0.15) is 19.3 Å². The molecule has 0 aliphatic carbocycles. The van der Waals surface area contributed by atoms with Crippen LogP contribution in [0.5, 0.6) is 0 Å². The molecule has 1 saturated heterocycles. The number of rotatable bonds is 4. The van der Waals surface area contributed by atoms with Gasteiger partial charge >= 0.3 is 0 Å². The Labute approximate surface area is 100 Å². The van der Waals surface area contributed by atoms with Crippen LogP contribution in [0.15, 0.2) is 12.1 Å². The van der Waals surface area contributed by atoms with E-state index in [1.165, 1.54) is 37.4 Å². The Morgan fingerprint density at radius 1 is 1.53 bits per heavy atom. The van der Waals surface area contributed by atoms with Crippen molar-refractivity contribution < 1.29 is 0 Å². The van der Waals surface area contributed by atoms with Gasteiger partial charge in [-0.1, -0.05) is 11.6 Å². The molecule has 1 aliphatic heterocycles. The van der Waals surface area contributed by atoms with Gasteiger partial charge in [0.05, 0.1) is 9.34 Å². The summed E-state index contributed by atoms with van der Waals surface area (Å²) in [4.78, 5) is 0. The number of piperidine rings is 1. The van der Waals surface area contributed by atoms with Crippen molar-refractivity contribution in [3.8, 4) is 0 Å². The highest BCUT2D eigenvalue weighted by Crippen LogP contribution is 2.26. The van der Waals surface area contributed by atoms with E-state index < -0.39 is 0 Å². The molecule has 1 aliphatic rings. The first-order valence-corrected chi connectivity index (χ1v) is 6.74. The molecule has 84 valence electrons. The molecule has 2 heterocycles. The molecule has 1 fully saturated rings. The first-order chi connectivity index (χ1) is 7.34. The molecule has 0 saturated carbocycles. The summed E-state index contributed by atoms with van der Waals surface area (Å²) in [5.41, 5.74) is 0. The van der Waals surface area contributed by atoms with Crippen LogP contribution < -0.4 is 10.6 Å². The van der Waals surface area contributed by atoms with E-state index in [1.807, 2.05) is 12.1 Å². The zero-order chi connectivity index (χ0) is 10.5. The zero-order valence-corrected chi connectivity index (χ0v) is 10.3. The summed E-state index contributed by atoms with van der Waals surface area (Å²) in [5.74, 6) is 0.849. The van der Waals surface area contributed by atoms with Crippen molar-refractivity contribution in [3.05, 3.63) is 16.5 Å². The minimum Gasteiger partial charge on any atom is -0.377 e. The zero-order valence-electron chi connectivity index (χ0n) is 8.76. The molecular weight excluding hydrogens is 228 g/mol. The molecule has 1 unspecified atom stereocenters. The standard InChI is InChI=1S/C11H17ClN2S/c12-10-3-4-11(15-10)14-7-5-9-2-1-6-13-8-9/h3-4,9,13-14H,1-2,5-8H2. The Morgan fingerprint density at radius 2 is 2.47 bits per heavy atom. The maximum absolute atomic E-state index is 5.86. The van der Waals surface area contributed by atoms with Gasteiger partial charge < -0.3 is 10.6 Å². The summed E-state index contributed by atoms with van der Waals surface area (Å²) in [5, 5.41) is 8.04. The molecule has 1 atom stereocenters. The molecular formula is C11H17ClN2S. The fourth-order valence-electron chi connectivity index (χ4n) is 1.98. The van der Waals surface area contributed by atoms with E-state index in [2.05, 4.69) is 10.6 Å². The van der Waals surface area contributed by atoms with E-state index in [-0.39, 0.29) is 0 Å². The monoisotopic (exact) mass is 244 g/mol. The Bertz CT molecular complexity index is 295. The summed E-state index contributed by atoms with van der Waals surface area (Å²) in [6, 6.07) is 3.99. The Balaban J connectivity index is 1.65. The lowest BCUT2D eigenvalue weighted by Crippen LogP contribution is -2.30. The molecule has 2 N–H and O–H groups in total. The Kier molecular flexibility index (Phi) is 4.29.